The number of alkyl halides is 51. The second-order valence-corrected chi connectivity index (χ2v) is 30.4. The molecule has 6 rings (SSSR count). The SMILES string of the molecule is O=C(OCc1ccc2c(c1)OCCOCCOCCOCCO2)c1cc(OCc2ccc(OCCCCC(F)(F)C(F)(F)C(F)(F)C(F)(F)C(F)(F)C(F)(F)C(F)(F)C(F)(F)F)cc2)c(OCc2ccc(OCCCCC(F)(F)C(F)(F)C(F)(F)C(F)(F)C(F)(F)C(F)(F)C(F)(F)C(F)(F)F)cc2)c(OCc2ccc(OCCCCC(F)(F)C(F)(F)C(F)(F)C(F)(F)C(F)(F)C(F)(F)C(F)(F)C(F)(F)F)cc2)c1. The number of fused-ring (bicyclic) bond motifs is 1. The standard InChI is InChI=1S/C79H65F51O13/c80-56(81,59(86,87)62(92,93)65(98,99)68(104,105)71(110,111)74(116,117)77(122,123)124)21-1-4-24-135-47-14-7-42(8-15-47)38-140-52-36-46(55(131)143-41-45-13-20-50-51(35-45)139-34-32-134-30-28-132-27-29-133-31-33-138-50)37-53(141-39-43-9-16-48(17-10-43)136-25-5-2-22-57(82,83)60(88,89)63(94,95)66(100,101)69(106,107)72(112,113)75(118,119)78(125,126)127)54(52)142-40-44-11-18-49(19-12-44)137-26-6-3-23-58(84,85)61(90,91)64(96,97)67(102,103)70(108,109)73(114,115)76(120,121)79(128,129)130/h7-20,35-37H,1-6,21-34,38-41H2. The molecule has 0 saturated heterocycles. The highest BCUT2D eigenvalue weighted by Crippen LogP contribution is 2.69. The molecule has 0 aromatic heterocycles. The van der Waals surface area contributed by atoms with E-state index in [-0.39, 0.29) is 86.6 Å². The molecule has 64 heteroatoms. The van der Waals surface area contributed by atoms with E-state index >= 15 is 0 Å². The fourth-order valence-corrected chi connectivity index (χ4v) is 11.6. The van der Waals surface area contributed by atoms with Crippen molar-refractivity contribution in [2.45, 2.75) is 227 Å². The highest BCUT2D eigenvalue weighted by molar-refractivity contribution is 5.91. The van der Waals surface area contributed by atoms with Gasteiger partial charge in [0.25, 0.3) is 0 Å². The Morgan fingerprint density at radius 1 is 0.231 bits per heavy atom. The molecule has 0 radical (unpaired) electrons. The Morgan fingerprint density at radius 3 is 0.727 bits per heavy atom. The van der Waals surface area contributed by atoms with Crippen LogP contribution in [-0.4, -0.2) is 222 Å². The quantitative estimate of drug-likeness (QED) is 0.0208. The second-order valence-electron chi connectivity index (χ2n) is 30.4. The molecule has 816 valence electrons. The molecule has 0 N–H and O–H groups in total. The maximum Gasteiger partial charge on any atom is 0.460 e. The summed E-state index contributed by atoms with van der Waals surface area (Å²) in [6.07, 6.45) is -40.5. The summed E-state index contributed by atoms with van der Waals surface area (Å²) in [5.74, 6) is -179. The summed E-state index contributed by atoms with van der Waals surface area (Å²) < 4.78 is 774. The van der Waals surface area contributed by atoms with E-state index in [1.165, 1.54) is 18.2 Å². The van der Waals surface area contributed by atoms with Crippen molar-refractivity contribution >= 4 is 5.97 Å². The molecule has 1 heterocycles. The largest absolute Gasteiger partial charge is 0.494 e. The number of unbranched alkanes of at least 4 members (excludes halogenated alkanes) is 3. The zero-order valence-electron chi connectivity index (χ0n) is 70.4. The monoisotopic (exact) mass is 2190 g/mol. The van der Waals surface area contributed by atoms with Gasteiger partial charge in [0.15, 0.2) is 23.0 Å². The van der Waals surface area contributed by atoms with E-state index < -0.39 is 293 Å². The summed E-state index contributed by atoms with van der Waals surface area (Å²) in [5, 5.41) is 0. The molecule has 143 heavy (non-hydrogen) atoms. The molecule has 0 spiro atoms. The zero-order chi connectivity index (χ0) is 110. The van der Waals surface area contributed by atoms with Gasteiger partial charge in [0, 0.05) is 19.3 Å². The van der Waals surface area contributed by atoms with Crippen molar-refractivity contribution < 1.29 is 286 Å². The first kappa shape index (κ1) is 122. The summed E-state index contributed by atoms with van der Waals surface area (Å²) in [6.45, 7) is -5.69. The van der Waals surface area contributed by atoms with Crippen LogP contribution in [0.2, 0.25) is 0 Å². The third-order valence-electron chi connectivity index (χ3n) is 20.1. The molecule has 0 saturated carbocycles. The number of halogens is 51. The van der Waals surface area contributed by atoms with Gasteiger partial charge in [-0.05, 0) is 121 Å². The minimum absolute atomic E-state index is 0.0248. The van der Waals surface area contributed by atoms with Gasteiger partial charge in [-0.25, -0.2) is 4.79 Å². The van der Waals surface area contributed by atoms with E-state index in [1.807, 2.05) is 0 Å². The van der Waals surface area contributed by atoms with Gasteiger partial charge in [-0.15, -0.1) is 0 Å². The predicted octanol–water partition coefficient (Wildman–Crippen LogP) is 27.3. The van der Waals surface area contributed by atoms with Crippen LogP contribution in [0.25, 0.3) is 0 Å². The molecular formula is C79H65F51O13. The number of ether oxygens (including phenoxy) is 12. The van der Waals surface area contributed by atoms with Gasteiger partial charge < -0.3 is 56.8 Å². The van der Waals surface area contributed by atoms with E-state index in [9.17, 15) is 229 Å². The van der Waals surface area contributed by atoms with Crippen LogP contribution < -0.4 is 37.9 Å². The summed E-state index contributed by atoms with van der Waals surface area (Å²) >= 11 is 0. The minimum Gasteiger partial charge on any atom is -0.494 e. The molecule has 13 nitrogen and oxygen atoms in total. The number of carbonyl (C=O) groups is 1. The van der Waals surface area contributed by atoms with E-state index in [2.05, 4.69) is 0 Å². The third kappa shape index (κ3) is 24.1. The Kier molecular flexibility index (Phi) is 37.0. The van der Waals surface area contributed by atoms with Crippen molar-refractivity contribution in [3.05, 3.63) is 131 Å². The maximum absolute atomic E-state index is 14.7. The van der Waals surface area contributed by atoms with E-state index in [0.29, 0.717) is 0 Å². The first-order chi connectivity index (χ1) is 64.7. The van der Waals surface area contributed by atoms with Crippen LogP contribution in [0.5, 0.6) is 46.0 Å². The van der Waals surface area contributed by atoms with Crippen LogP contribution in [0.15, 0.2) is 103 Å². The lowest BCUT2D eigenvalue weighted by Gasteiger charge is -2.42. The normalized spacial score (nSPS) is 15.7. The Balaban J connectivity index is 1.30. The number of esters is 1. The van der Waals surface area contributed by atoms with Crippen LogP contribution in [0.4, 0.5) is 224 Å². The lowest BCUT2D eigenvalue weighted by Crippen LogP contribution is -2.74. The highest BCUT2D eigenvalue weighted by atomic mass is 19.5. The van der Waals surface area contributed by atoms with E-state index in [1.54, 1.807) is 0 Å². The predicted molar refractivity (Wildman–Crippen MR) is 378 cm³/mol. The van der Waals surface area contributed by atoms with Crippen LogP contribution in [0.3, 0.4) is 0 Å². The fraction of sp³-hybridized carbons (Fsp3) is 0.608. The van der Waals surface area contributed by atoms with Crippen molar-refractivity contribution in [3.8, 4) is 46.0 Å². The van der Waals surface area contributed by atoms with Crippen molar-refractivity contribution in [1.82, 2.24) is 0 Å². The van der Waals surface area contributed by atoms with Gasteiger partial charge in [-0.3, -0.25) is 0 Å². The number of hydrogen-bond donors (Lipinski definition) is 0. The summed E-state index contributed by atoms with van der Waals surface area (Å²) in [6, 6.07) is 17.8. The lowest BCUT2D eigenvalue weighted by molar-refractivity contribution is -0.461. The average molecular weight is 2190 g/mol. The van der Waals surface area contributed by atoms with Gasteiger partial charge in [0.1, 0.15) is 56.9 Å². The van der Waals surface area contributed by atoms with Crippen molar-refractivity contribution in [2.75, 3.05) is 72.7 Å². The topological polar surface area (TPSA) is 128 Å². The van der Waals surface area contributed by atoms with Crippen molar-refractivity contribution in [2.24, 2.45) is 0 Å². The van der Waals surface area contributed by atoms with Crippen molar-refractivity contribution in [1.29, 1.82) is 0 Å². The molecule has 5 aromatic rings. The van der Waals surface area contributed by atoms with Gasteiger partial charge in [-0.1, -0.05) is 42.5 Å². The molecule has 5 aromatic carbocycles. The molecular weight excluding hydrogens is 2130 g/mol. The minimum atomic E-state index is -8.89. The molecule has 0 unspecified atom stereocenters. The molecule has 0 amide bonds. The van der Waals surface area contributed by atoms with Crippen LogP contribution in [0, 0.1) is 0 Å². The number of hydrogen-bond acceptors (Lipinski definition) is 13. The summed E-state index contributed by atoms with van der Waals surface area (Å²) in [7, 11) is 0. The number of rotatable bonds is 48. The fourth-order valence-electron chi connectivity index (χ4n) is 11.6. The van der Waals surface area contributed by atoms with Crippen LogP contribution in [0.1, 0.15) is 90.4 Å². The molecule has 0 aliphatic carbocycles. The van der Waals surface area contributed by atoms with E-state index in [0.717, 1.165) is 84.9 Å². The van der Waals surface area contributed by atoms with Gasteiger partial charge in [0.2, 0.25) is 5.75 Å². The molecule has 0 fully saturated rings. The highest BCUT2D eigenvalue weighted by Gasteiger charge is 2.99. The second kappa shape index (κ2) is 43.4. The Bertz CT molecular complexity index is 4770. The number of carbonyl (C=O) groups excluding carboxylic acids is 1. The third-order valence-corrected chi connectivity index (χ3v) is 20.1. The number of benzene rings is 5. The summed E-state index contributed by atoms with van der Waals surface area (Å²) in [5.41, 5.74) is -0.613. The van der Waals surface area contributed by atoms with Crippen LogP contribution in [-0.2, 0) is 45.4 Å². The van der Waals surface area contributed by atoms with Crippen molar-refractivity contribution in [3.63, 3.8) is 0 Å². The lowest BCUT2D eigenvalue weighted by atomic mass is 9.88. The molecule has 0 bridgehead atoms. The first-order valence-electron chi connectivity index (χ1n) is 39.3. The zero-order valence-corrected chi connectivity index (χ0v) is 70.4. The average Bonchev–Trinajstić information content (AvgIpc) is 0.701. The Labute approximate surface area is 767 Å². The van der Waals surface area contributed by atoms with E-state index in [4.69, 9.17) is 56.8 Å². The smallest absolute Gasteiger partial charge is 0.460 e. The van der Waals surface area contributed by atoms with Gasteiger partial charge in [-0.2, -0.15) is 224 Å². The maximum atomic E-state index is 14.7. The Hall–Kier alpha value is -9.72. The summed E-state index contributed by atoms with van der Waals surface area (Å²) in [4.78, 5) is 14.3. The van der Waals surface area contributed by atoms with Crippen LogP contribution >= 0.6 is 0 Å². The Morgan fingerprint density at radius 2 is 0.462 bits per heavy atom. The first-order valence-corrected chi connectivity index (χ1v) is 39.3. The molecule has 1 aliphatic heterocycles. The molecule has 0 atom stereocenters. The molecule has 1 aliphatic rings. The van der Waals surface area contributed by atoms with Gasteiger partial charge in [0.05, 0.1) is 65.0 Å². The van der Waals surface area contributed by atoms with Gasteiger partial charge >= 0.3 is 149 Å².